The summed E-state index contributed by atoms with van der Waals surface area (Å²) in [5.41, 5.74) is 5.83. The SMILES string of the molecule is C[C@@H](Oc1nc(F)c(Cl)c(N)c1Cl)C(=O)OCC(=O)N(c1ccc(Cl)cc1)c1cccc(F)c1. The largest absolute Gasteiger partial charge is 0.461 e. The number of nitrogen functional groups attached to an aromatic ring is 1. The standard InChI is InChI=1S/C22H16Cl3F2N3O4/c1-11(34-21-18(25)19(28)17(24)20(27)29-21)22(32)33-10-16(31)30(14-7-5-12(23)6-8-14)15-4-2-3-13(26)9-15/h2-9,11H,10H2,1H3,(H2,28,29)/t11-/m1/s1. The van der Waals surface area contributed by atoms with Crippen LogP contribution in [-0.4, -0.2) is 29.6 Å². The lowest BCUT2D eigenvalue weighted by molar-refractivity contribution is -0.154. The monoisotopic (exact) mass is 529 g/mol. The number of carbonyl (C=O) groups is 2. The van der Waals surface area contributed by atoms with Crippen molar-refractivity contribution in [2.24, 2.45) is 0 Å². The Bertz CT molecular complexity index is 1230. The van der Waals surface area contributed by atoms with E-state index in [1.54, 1.807) is 24.3 Å². The van der Waals surface area contributed by atoms with Crippen LogP contribution < -0.4 is 15.4 Å². The number of nitrogens with zero attached hydrogens (tertiary/aromatic N) is 2. The second-order valence-electron chi connectivity index (χ2n) is 6.80. The van der Waals surface area contributed by atoms with E-state index in [2.05, 4.69) is 4.98 Å². The van der Waals surface area contributed by atoms with Gasteiger partial charge in [0.25, 0.3) is 5.91 Å². The van der Waals surface area contributed by atoms with Crippen LogP contribution in [0.5, 0.6) is 5.88 Å². The Balaban J connectivity index is 1.74. The number of nitrogens with two attached hydrogens (primary N) is 1. The summed E-state index contributed by atoms with van der Waals surface area (Å²) in [5, 5.41) is -0.348. The van der Waals surface area contributed by atoms with Crippen LogP contribution >= 0.6 is 34.8 Å². The van der Waals surface area contributed by atoms with Gasteiger partial charge in [-0.25, -0.2) is 9.18 Å². The molecule has 0 aliphatic heterocycles. The van der Waals surface area contributed by atoms with Gasteiger partial charge in [-0.15, -0.1) is 0 Å². The number of hydrogen-bond donors (Lipinski definition) is 1. The number of anilines is 3. The predicted molar refractivity (Wildman–Crippen MR) is 125 cm³/mol. The molecule has 1 aromatic heterocycles. The van der Waals surface area contributed by atoms with E-state index in [-0.39, 0.29) is 16.4 Å². The molecule has 2 aromatic carbocycles. The van der Waals surface area contributed by atoms with Crippen molar-refractivity contribution in [2.75, 3.05) is 17.2 Å². The second kappa shape index (κ2) is 10.9. The van der Waals surface area contributed by atoms with Gasteiger partial charge in [0.1, 0.15) is 15.9 Å². The van der Waals surface area contributed by atoms with Crippen molar-refractivity contribution >= 4 is 63.7 Å². The lowest BCUT2D eigenvalue weighted by atomic mass is 10.2. The third-order valence-corrected chi connectivity index (χ3v) is 5.38. The first-order valence-corrected chi connectivity index (χ1v) is 10.7. The number of hydrogen-bond acceptors (Lipinski definition) is 6. The highest BCUT2D eigenvalue weighted by atomic mass is 35.5. The van der Waals surface area contributed by atoms with Crippen molar-refractivity contribution in [1.29, 1.82) is 0 Å². The smallest absolute Gasteiger partial charge is 0.347 e. The van der Waals surface area contributed by atoms with Crippen LogP contribution in [0.2, 0.25) is 15.1 Å². The third-order valence-electron chi connectivity index (χ3n) is 4.40. The van der Waals surface area contributed by atoms with Crippen LogP contribution in [0.25, 0.3) is 0 Å². The van der Waals surface area contributed by atoms with E-state index in [1.807, 2.05) is 0 Å². The molecule has 3 aromatic rings. The summed E-state index contributed by atoms with van der Waals surface area (Å²) in [6, 6.07) is 11.5. The fourth-order valence-corrected chi connectivity index (χ4v) is 3.25. The van der Waals surface area contributed by atoms with E-state index in [0.717, 1.165) is 11.0 Å². The first-order valence-electron chi connectivity index (χ1n) is 9.55. The van der Waals surface area contributed by atoms with Gasteiger partial charge in [0.05, 0.1) is 11.4 Å². The summed E-state index contributed by atoms with van der Waals surface area (Å²) in [6.07, 6.45) is -1.34. The first-order chi connectivity index (χ1) is 16.1. The number of amides is 1. The van der Waals surface area contributed by atoms with E-state index in [0.29, 0.717) is 10.7 Å². The van der Waals surface area contributed by atoms with Gasteiger partial charge in [0.2, 0.25) is 11.8 Å². The molecule has 3 rings (SSSR count). The highest BCUT2D eigenvalue weighted by Crippen LogP contribution is 2.35. The van der Waals surface area contributed by atoms with Crippen molar-refractivity contribution in [2.45, 2.75) is 13.0 Å². The number of carbonyl (C=O) groups excluding carboxylic acids is 2. The summed E-state index contributed by atoms with van der Waals surface area (Å²) in [6.45, 7) is 0.557. The first kappa shape index (κ1) is 25.5. The fourth-order valence-electron chi connectivity index (χ4n) is 2.76. The lowest BCUT2D eigenvalue weighted by Crippen LogP contribution is -2.34. The van der Waals surface area contributed by atoms with Crippen LogP contribution in [0.3, 0.4) is 0 Å². The van der Waals surface area contributed by atoms with Crippen LogP contribution in [0.1, 0.15) is 6.92 Å². The number of halogens is 5. The Kier molecular flexibility index (Phi) is 8.14. The minimum Gasteiger partial charge on any atom is -0.461 e. The molecule has 34 heavy (non-hydrogen) atoms. The molecule has 1 atom stereocenters. The van der Waals surface area contributed by atoms with Gasteiger partial charge in [-0.2, -0.15) is 9.37 Å². The zero-order valence-electron chi connectivity index (χ0n) is 17.4. The van der Waals surface area contributed by atoms with Crippen molar-refractivity contribution in [3.05, 3.63) is 75.4 Å². The summed E-state index contributed by atoms with van der Waals surface area (Å²) in [5.74, 6) is -3.84. The Labute approximate surface area is 207 Å². The van der Waals surface area contributed by atoms with Gasteiger partial charge in [0.15, 0.2) is 12.7 Å². The van der Waals surface area contributed by atoms with Gasteiger partial charge in [-0.1, -0.05) is 40.9 Å². The molecule has 0 saturated carbocycles. The molecular formula is C22H16Cl3F2N3O4. The second-order valence-corrected chi connectivity index (χ2v) is 7.99. The Morgan fingerprint density at radius 2 is 1.74 bits per heavy atom. The molecule has 178 valence electrons. The zero-order chi connectivity index (χ0) is 25.0. The Morgan fingerprint density at radius 1 is 1.06 bits per heavy atom. The molecule has 1 amide bonds. The fraction of sp³-hybridized carbons (Fsp3) is 0.136. The van der Waals surface area contributed by atoms with Gasteiger partial charge in [-0.05, 0) is 49.4 Å². The highest BCUT2D eigenvalue weighted by Gasteiger charge is 2.25. The predicted octanol–water partition coefficient (Wildman–Crippen LogP) is 5.58. The maximum atomic E-state index is 13.8. The molecule has 7 nitrogen and oxygen atoms in total. The van der Waals surface area contributed by atoms with Gasteiger partial charge >= 0.3 is 5.97 Å². The van der Waals surface area contributed by atoms with Crippen molar-refractivity contribution < 1.29 is 27.8 Å². The quantitative estimate of drug-likeness (QED) is 0.317. The van der Waals surface area contributed by atoms with E-state index in [9.17, 15) is 18.4 Å². The van der Waals surface area contributed by atoms with Gasteiger partial charge in [0, 0.05) is 10.7 Å². The molecule has 12 heteroatoms. The molecule has 1 heterocycles. The molecule has 0 radical (unpaired) electrons. The van der Waals surface area contributed by atoms with Crippen molar-refractivity contribution in [1.82, 2.24) is 4.98 Å². The molecular weight excluding hydrogens is 515 g/mol. The molecule has 0 aliphatic rings. The topological polar surface area (TPSA) is 94.8 Å². The molecule has 0 unspecified atom stereocenters. The number of aromatic nitrogens is 1. The molecule has 0 spiro atoms. The summed E-state index contributed by atoms with van der Waals surface area (Å²) in [7, 11) is 0. The molecule has 0 saturated heterocycles. The molecule has 0 fully saturated rings. The summed E-state index contributed by atoms with van der Waals surface area (Å²) in [4.78, 5) is 29.9. The Hall–Kier alpha value is -3.14. The minimum absolute atomic E-state index is 0.204. The van der Waals surface area contributed by atoms with E-state index >= 15 is 0 Å². The number of rotatable bonds is 7. The average Bonchev–Trinajstić information content (AvgIpc) is 2.81. The Morgan fingerprint density at radius 3 is 2.38 bits per heavy atom. The van der Waals surface area contributed by atoms with Crippen LogP contribution in [0.15, 0.2) is 48.5 Å². The highest BCUT2D eigenvalue weighted by molar-refractivity contribution is 6.39. The average molecular weight is 531 g/mol. The molecule has 0 bridgehead atoms. The normalized spacial score (nSPS) is 11.6. The number of esters is 1. The van der Waals surface area contributed by atoms with Gasteiger partial charge < -0.3 is 15.2 Å². The third kappa shape index (κ3) is 5.85. The summed E-state index contributed by atoms with van der Waals surface area (Å²) < 4.78 is 37.8. The lowest BCUT2D eigenvalue weighted by Gasteiger charge is -2.23. The number of benzene rings is 2. The van der Waals surface area contributed by atoms with Crippen LogP contribution in [0, 0.1) is 11.8 Å². The number of pyridine rings is 1. The summed E-state index contributed by atoms with van der Waals surface area (Å²) >= 11 is 17.5. The number of ether oxygens (including phenoxy) is 2. The van der Waals surface area contributed by atoms with Crippen molar-refractivity contribution in [3.8, 4) is 5.88 Å². The zero-order valence-corrected chi connectivity index (χ0v) is 19.7. The van der Waals surface area contributed by atoms with E-state index < -0.39 is 47.3 Å². The molecule has 2 N–H and O–H groups in total. The van der Waals surface area contributed by atoms with Crippen molar-refractivity contribution in [3.63, 3.8) is 0 Å². The maximum Gasteiger partial charge on any atom is 0.347 e. The van der Waals surface area contributed by atoms with E-state index in [1.165, 1.54) is 25.1 Å². The van der Waals surface area contributed by atoms with E-state index in [4.69, 9.17) is 50.0 Å². The maximum absolute atomic E-state index is 13.8. The van der Waals surface area contributed by atoms with Gasteiger partial charge in [-0.3, -0.25) is 9.69 Å². The van der Waals surface area contributed by atoms with Crippen LogP contribution in [0.4, 0.5) is 25.8 Å². The minimum atomic E-state index is -1.34. The molecule has 0 aliphatic carbocycles. The van der Waals surface area contributed by atoms with Crippen LogP contribution in [-0.2, 0) is 14.3 Å².